The number of anilines is 1. The Morgan fingerprint density at radius 2 is 1.93 bits per heavy atom. The maximum Gasteiger partial charge on any atom is 0.254 e. The molecule has 156 valence electrons. The zero-order valence-corrected chi connectivity index (χ0v) is 17.3. The summed E-state index contributed by atoms with van der Waals surface area (Å²) in [5, 5.41) is 16.8. The zero-order chi connectivity index (χ0) is 20.8. The average molecular weight is 399 g/mol. The van der Waals surface area contributed by atoms with Crippen LogP contribution in [0.4, 0.5) is 5.82 Å². The molecule has 2 amide bonds. The third-order valence-electron chi connectivity index (χ3n) is 6.73. The van der Waals surface area contributed by atoms with Crippen molar-refractivity contribution in [2.24, 2.45) is 17.1 Å². The molecule has 3 aliphatic rings. The van der Waals surface area contributed by atoms with E-state index in [-0.39, 0.29) is 23.2 Å². The molecule has 0 atom stereocenters. The van der Waals surface area contributed by atoms with Gasteiger partial charge in [0.2, 0.25) is 5.91 Å². The Morgan fingerprint density at radius 1 is 1.28 bits per heavy atom. The minimum Gasteiger partial charge on any atom is -0.365 e. The fourth-order valence-electron chi connectivity index (χ4n) is 4.90. The molecule has 0 spiro atoms. The highest BCUT2D eigenvalue weighted by atomic mass is 16.2. The molecular formula is C21H30N6O2. The molecule has 1 saturated heterocycles. The molecule has 0 bridgehead atoms. The van der Waals surface area contributed by atoms with Crippen LogP contribution in [-0.2, 0) is 10.3 Å². The normalized spacial score (nSPS) is 28.9. The van der Waals surface area contributed by atoms with E-state index in [1.165, 1.54) is 0 Å². The maximum absolute atomic E-state index is 12.2. The molecule has 0 aromatic carbocycles. The van der Waals surface area contributed by atoms with Crippen LogP contribution in [0.3, 0.4) is 0 Å². The Morgan fingerprint density at radius 3 is 2.45 bits per heavy atom. The summed E-state index contributed by atoms with van der Waals surface area (Å²) in [6.45, 7) is 6.82. The van der Waals surface area contributed by atoms with Crippen molar-refractivity contribution in [3.63, 3.8) is 0 Å². The van der Waals surface area contributed by atoms with E-state index in [4.69, 9.17) is 5.73 Å². The van der Waals surface area contributed by atoms with Gasteiger partial charge in [-0.3, -0.25) is 19.2 Å². The van der Waals surface area contributed by atoms with Crippen LogP contribution in [0.1, 0.15) is 69.2 Å². The molecule has 8 nitrogen and oxygen atoms in total. The molecule has 1 aliphatic heterocycles. The number of nitrogens with two attached hydrogens (primary N) is 1. The fraction of sp³-hybridized carbons (Fsp3) is 0.714. The topological polar surface area (TPSA) is 117 Å². The predicted octanol–water partition coefficient (Wildman–Crippen LogP) is 2.22. The van der Waals surface area contributed by atoms with Crippen LogP contribution in [0, 0.1) is 22.7 Å². The largest absolute Gasteiger partial charge is 0.365 e. The number of nitriles is 1. The summed E-state index contributed by atoms with van der Waals surface area (Å²) in [6, 6.07) is 2.85. The highest BCUT2D eigenvalue weighted by molar-refractivity contribution is 6.02. The highest BCUT2D eigenvalue weighted by Crippen LogP contribution is 2.43. The zero-order valence-electron chi connectivity index (χ0n) is 17.3. The third kappa shape index (κ3) is 3.88. The van der Waals surface area contributed by atoms with E-state index in [9.17, 15) is 14.9 Å². The van der Waals surface area contributed by atoms with Gasteiger partial charge in [-0.05, 0) is 43.9 Å². The van der Waals surface area contributed by atoms with Gasteiger partial charge in [0.1, 0.15) is 5.56 Å². The van der Waals surface area contributed by atoms with Crippen molar-refractivity contribution in [1.29, 1.82) is 5.26 Å². The van der Waals surface area contributed by atoms with E-state index in [2.05, 4.69) is 35.2 Å². The van der Waals surface area contributed by atoms with Gasteiger partial charge >= 0.3 is 0 Å². The number of rotatable bonds is 6. The van der Waals surface area contributed by atoms with Crippen LogP contribution in [0.2, 0.25) is 0 Å². The number of nitrogens with zero attached hydrogens (tertiary/aromatic N) is 4. The molecule has 2 heterocycles. The standard InChI is InChI=1S/C21H30N6O2/c1-20(2)12-26(13-20)15-5-7-21(8-6-15,9-10-22)27-11-16(17(23)28)18(25-27)24-19(29)14-3-4-14/h11,14-15H,3-9,12-13H2,1-2H3,(H2,23,28)(H,24,25,29)/t15-,21+. The monoisotopic (exact) mass is 398 g/mol. The summed E-state index contributed by atoms with van der Waals surface area (Å²) in [5.41, 5.74) is 5.69. The van der Waals surface area contributed by atoms with Gasteiger partial charge in [-0.1, -0.05) is 13.8 Å². The molecule has 8 heteroatoms. The van der Waals surface area contributed by atoms with Crippen LogP contribution in [0.5, 0.6) is 0 Å². The SMILES string of the molecule is CC1(C)CN([C@H]2CC[C@@](CC#N)(n3cc(C(N)=O)c(NC(=O)C4CC4)n3)CC2)C1. The van der Waals surface area contributed by atoms with E-state index in [1.54, 1.807) is 10.9 Å². The second-order valence-electron chi connectivity index (χ2n) is 9.82. The molecule has 0 unspecified atom stereocenters. The van der Waals surface area contributed by atoms with Crippen molar-refractivity contribution in [2.75, 3.05) is 18.4 Å². The second-order valence-corrected chi connectivity index (χ2v) is 9.82. The first-order valence-electron chi connectivity index (χ1n) is 10.5. The highest BCUT2D eigenvalue weighted by Gasteiger charge is 2.44. The molecule has 1 aromatic rings. The lowest BCUT2D eigenvalue weighted by molar-refractivity contribution is -0.117. The summed E-state index contributed by atoms with van der Waals surface area (Å²) >= 11 is 0. The number of primary amides is 1. The number of hydrogen-bond donors (Lipinski definition) is 2. The lowest BCUT2D eigenvalue weighted by Crippen LogP contribution is -2.58. The van der Waals surface area contributed by atoms with Crippen molar-refractivity contribution in [3.05, 3.63) is 11.8 Å². The van der Waals surface area contributed by atoms with E-state index in [0.29, 0.717) is 17.9 Å². The van der Waals surface area contributed by atoms with Gasteiger partial charge < -0.3 is 11.1 Å². The number of amides is 2. The van der Waals surface area contributed by atoms with Gasteiger partial charge in [0.05, 0.1) is 18.0 Å². The summed E-state index contributed by atoms with van der Waals surface area (Å²) in [6.07, 6.45) is 7.30. The van der Waals surface area contributed by atoms with Crippen molar-refractivity contribution in [2.45, 2.75) is 70.4 Å². The fourth-order valence-corrected chi connectivity index (χ4v) is 4.90. The Hall–Kier alpha value is -2.40. The first-order chi connectivity index (χ1) is 13.7. The molecule has 4 rings (SSSR count). The Labute approximate surface area is 171 Å². The number of aromatic nitrogens is 2. The van der Waals surface area contributed by atoms with E-state index in [0.717, 1.165) is 51.6 Å². The van der Waals surface area contributed by atoms with E-state index >= 15 is 0 Å². The van der Waals surface area contributed by atoms with Crippen molar-refractivity contribution in [3.8, 4) is 6.07 Å². The number of hydrogen-bond acceptors (Lipinski definition) is 5. The van der Waals surface area contributed by atoms with Crippen molar-refractivity contribution >= 4 is 17.6 Å². The van der Waals surface area contributed by atoms with Crippen LogP contribution >= 0.6 is 0 Å². The van der Waals surface area contributed by atoms with Gasteiger partial charge in [-0.25, -0.2) is 0 Å². The molecule has 3 fully saturated rings. The minimum absolute atomic E-state index is 0.00478. The van der Waals surface area contributed by atoms with Gasteiger partial charge in [0, 0.05) is 31.2 Å². The van der Waals surface area contributed by atoms with Crippen molar-refractivity contribution in [1.82, 2.24) is 14.7 Å². The molecule has 1 aromatic heterocycles. The van der Waals surface area contributed by atoms with Gasteiger partial charge in [-0.15, -0.1) is 0 Å². The number of likely N-dealkylation sites (tertiary alicyclic amines) is 1. The molecule has 0 radical (unpaired) electrons. The molecule has 29 heavy (non-hydrogen) atoms. The van der Waals surface area contributed by atoms with Gasteiger partial charge in [-0.2, -0.15) is 10.4 Å². The summed E-state index contributed by atoms with van der Waals surface area (Å²) in [7, 11) is 0. The predicted molar refractivity (Wildman–Crippen MR) is 108 cm³/mol. The Balaban J connectivity index is 1.53. The molecule has 2 saturated carbocycles. The van der Waals surface area contributed by atoms with Crippen LogP contribution in [-0.4, -0.2) is 45.6 Å². The lowest BCUT2D eigenvalue weighted by atomic mass is 9.74. The quantitative estimate of drug-likeness (QED) is 0.762. The number of carbonyl (C=O) groups is 2. The molecular weight excluding hydrogens is 368 g/mol. The molecule has 2 aliphatic carbocycles. The van der Waals surface area contributed by atoms with Gasteiger partial charge in [0.15, 0.2) is 5.82 Å². The average Bonchev–Trinajstić information content (AvgIpc) is 3.41. The van der Waals surface area contributed by atoms with Crippen LogP contribution < -0.4 is 11.1 Å². The number of nitrogens with one attached hydrogen (secondary N) is 1. The maximum atomic E-state index is 12.2. The first-order valence-corrected chi connectivity index (χ1v) is 10.5. The summed E-state index contributed by atoms with van der Waals surface area (Å²) < 4.78 is 1.73. The van der Waals surface area contributed by atoms with Crippen LogP contribution in [0.25, 0.3) is 0 Å². The van der Waals surface area contributed by atoms with E-state index in [1.807, 2.05) is 0 Å². The smallest absolute Gasteiger partial charge is 0.254 e. The molecule has 3 N–H and O–H groups in total. The third-order valence-corrected chi connectivity index (χ3v) is 6.73. The second kappa shape index (κ2) is 7.13. The first kappa shape index (κ1) is 19.9. The Kier molecular flexibility index (Phi) is 4.89. The lowest BCUT2D eigenvalue weighted by Gasteiger charge is -2.52. The van der Waals surface area contributed by atoms with Gasteiger partial charge in [0.25, 0.3) is 5.91 Å². The summed E-state index contributed by atoms with van der Waals surface area (Å²) in [4.78, 5) is 26.7. The van der Waals surface area contributed by atoms with Crippen molar-refractivity contribution < 1.29 is 9.59 Å². The van der Waals surface area contributed by atoms with E-state index < -0.39 is 11.4 Å². The number of carbonyl (C=O) groups excluding carboxylic acids is 2. The van der Waals surface area contributed by atoms with Crippen LogP contribution in [0.15, 0.2) is 6.20 Å². The minimum atomic E-state index is -0.619. The Bertz CT molecular complexity index is 847. The summed E-state index contributed by atoms with van der Waals surface area (Å²) in [5.74, 6) is -0.509.